The van der Waals surface area contributed by atoms with Crippen LogP contribution in [-0.2, 0) is 13.1 Å². The summed E-state index contributed by atoms with van der Waals surface area (Å²) >= 11 is 0. The zero-order chi connectivity index (χ0) is 18.6. The van der Waals surface area contributed by atoms with E-state index in [-0.39, 0.29) is 12.4 Å². The fourth-order valence-electron chi connectivity index (χ4n) is 4.06. The number of fused-ring (bicyclic) bond motifs is 1. The van der Waals surface area contributed by atoms with Crippen molar-refractivity contribution in [2.75, 3.05) is 26.2 Å². The maximum Gasteiger partial charge on any atom is 0.123 e. The predicted molar refractivity (Wildman–Crippen MR) is 106 cm³/mol. The summed E-state index contributed by atoms with van der Waals surface area (Å²) in [5.74, 6) is -0.200. The Morgan fingerprint density at radius 2 is 1.85 bits per heavy atom. The van der Waals surface area contributed by atoms with E-state index in [0.717, 1.165) is 44.7 Å². The second-order valence-corrected chi connectivity index (χ2v) is 7.36. The van der Waals surface area contributed by atoms with Crippen LogP contribution in [0.4, 0.5) is 4.39 Å². The molecule has 27 heavy (non-hydrogen) atoms. The van der Waals surface area contributed by atoms with Gasteiger partial charge in [0.15, 0.2) is 0 Å². The monoisotopic (exact) mass is 367 g/mol. The quantitative estimate of drug-likeness (QED) is 0.702. The third-order valence-corrected chi connectivity index (χ3v) is 5.52. The lowest BCUT2D eigenvalue weighted by Gasteiger charge is -2.41. The molecule has 3 aromatic rings. The van der Waals surface area contributed by atoms with Gasteiger partial charge in [0.2, 0.25) is 0 Å². The summed E-state index contributed by atoms with van der Waals surface area (Å²) in [7, 11) is 0. The molecule has 1 aliphatic heterocycles. The molecular formula is C22H26FN3O. The molecule has 5 heteroatoms. The molecule has 0 amide bonds. The lowest BCUT2D eigenvalue weighted by atomic mass is 10.1. The van der Waals surface area contributed by atoms with Crippen LogP contribution in [0.25, 0.3) is 10.9 Å². The molecule has 0 unspecified atom stereocenters. The van der Waals surface area contributed by atoms with E-state index >= 15 is 0 Å². The number of rotatable bonds is 6. The van der Waals surface area contributed by atoms with Crippen LogP contribution >= 0.6 is 0 Å². The lowest BCUT2D eigenvalue weighted by molar-refractivity contribution is 0.0501. The summed E-state index contributed by atoms with van der Waals surface area (Å²) in [6.45, 7) is 4.77. The van der Waals surface area contributed by atoms with E-state index < -0.39 is 0 Å². The lowest BCUT2D eigenvalue weighted by Crippen LogP contribution is -2.52. The van der Waals surface area contributed by atoms with Gasteiger partial charge in [-0.1, -0.05) is 30.3 Å². The van der Waals surface area contributed by atoms with E-state index in [4.69, 9.17) is 0 Å². The standard InChI is InChI=1S/C22H26FN3O/c23-19-7-5-17(6-8-19)14-26-11-10-25(16-20(26)9-12-27)15-18-13-24-22-4-2-1-3-21(18)22/h1-8,13,20,24,27H,9-12,14-16H2/t20-/m1/s1. The van der Waals surface area contributed by atoms with Crippen molar-refractivity contribution in [1.29, 1.82) is 0 Å². The third kappa shape index (κ3) is 4.21. The molecule has 0 radical (unpaired) electrons. The first-order valence-corrected chi connectivity index (χ1v) is 9.59. The molecule has 142 valence electrons. The molecular weight excluding hydrogens is 341 g/mol. The largest absolute Gasteiger partial charge is 0.396 e. The highest BCUT2D eigenvalue weighted by molar-refractivity contribution is 5.82. The van der Waals surface area contributed by atoms with E-state index in [9.17, 15) is 9.50 Å². The van der Waals surface area contributed by atoms with Crippen LogP contribution in [0.2, 0.25) is 0 Å². The number of nitrogens with zero attached hydrogens (tertiary/aromatic N) is 2. The van der Waals surface area contributed by atoms with Gasteiger partial charge < -0.3 is 10.1 Å². The number of nitrogens with one attached hydrogen (secondary N) is 1. The first-order valence-electron chi connectivity index (χ1n) is 9.59. The number of aromatic nitrogens is 1. The molecule has 0 aliphatic carbocycles. The van der Waals surface area contributed by atoms with Crippen molar-refractivity contribution < 1.29 is 9.50 Å². The molecule has 4 rings (SSSR count). The number of aromatic amines is 1. The Kier molecular flexibility index (Phi) is 5.53. The number of piperazine rings is 1. The minimum absolute atomic E-state index is 0.186. The van der Waals surface area contributed by atoms with Gasteiger partial charge in [0.05, 0.1) is 0 Å². The molecule has 0 bridgehead atoms. The highest BCUT2D eigenvalue weighted by Crippen LogP contribution is 2.22. The molecule has 1 fully saturated rings. The van der Waals surface area contributed by atoms with E-state index in [1.807, 2.05) is 18.2 Å². The van der Waals surface area contributed by atoms with Crippen molar-refractivity contribution in [3.05, 3.63) is 71.7 Å². The van der Waals surface area contributed by atoms with E-state index in [1.54, 1.807) is 0 Å². The van der Waals surface area contributed by atoms with Crippen molar-refractivity contribution in [3.63, 3.8) is 0 Å². The number of aliphatic hydroxyl groups excluding tert-OH is 1. The molecule has 2 N–H and O–H groups in total. The summed E-state index contributed by atoms with van der Waals surface area (Å²) in [6, 6.07) is 15.4. The Morgan fingerprint density at radius 3 is 2.67 bits per heavy atom. The molecule has 0 spiro atoms. The van der Waals surface area contributed by atoms with Gasteiger partial charge in [0.25, 0.3) is 0 Å². The first-order chi connectivity index (χ1) is 13.2. The summed E-state index contributed by atoms with van der Waals surface area (Å²) < 4.78 is 13.1. The van der Waals surface area contributed by atoms with Crippen LogP contribution < -0.4 is 0 Å². The molecule has 0 saturated carbocycles. The molecule has 1 aliphatic rings. The van der Waals surface area contributed by atoms with E-state index in [0.29, 0.717) is 6.04 Å². The molecule has 1 aromatic heterocycles. The van der Waals surface area contributed by atoms with Crippen molar-refractivity contribution in [1.82, 2.24) is 14.8 Å². The molecule has 1 atom stereocenters. The summed E-state index contributed by atoms with van der Waals surface area (Å²) in [4.78, 5) is 8.23. The van der Waals surface area contributed by atoms with Gasteiger partial charge >= 0.3 is 0 Å². The number of aliphatic hydroxyl groups is 1. The van der Waals surface area contributed by atoms with Crippen LogP contribution in [0.3, 0.4) is 0 Å². The Labute approximate surface area is 159 Å². The smallest absolute Gasteiger partial charge is 0.123 e. The van der Waals surface area contributed by atoms with Gasteiger partial charge in [-0.15, -0.1) is 0 Å². The van der Waals surface area contributed by atoms with Gasteiger partial charge in [-0.3, -0.25) is 9.80 Å². The number of H-pyrrole nitrogens is 1. The first kappa shape index (κ1) is 18.2. The van der Waals surface area contributed by atoms with Gasteiger partial charge in [-0.05, 0) is 35.7 Å². The SMILES string of the molecule is OCC[C@@H]1CN(Cc2c[nH]c3ccccc23)CCN1Cc1ccc(F)cc1. The molecule has 2 heterocycles. The normalized spacial score (nSPS) is 19.0. The zero-order valence-corrected chi connectivity index (χ0v) is 15.4. The van der Waals surface area contributed by atoms with Crippen LogP contribution in [-0.4, -0.2) is 52.2 Å². The van der Waals surface area contributed by atoms with Crippen LogP contribution in [0.5, 0.6) is 0 Å². The predicted octanol–water partition coefficient (Wildman–Crippen LogP) is 3.38. The van der Waals surface area contributed by atoms with Crippen LogP contribution in [0.1, 0.15) is 17.5 Å². The van der Waals surface area contributed by atoms with Crippen molar-refractivity contribution in [2.45, 2.75) is 25.6 Å². The Bertz CT molecular complexity index is 877. The highest BCUT2D eigenvalue weighted by atomic mass is 19.1. The average molecular weight is 367 g/mol. The van der Waals surface area contributed by atoms with Crippen LogP contribution in [0, 0.1) is 5.82 Å². The van der Waals surface area contributed by atoms with Crippen LogP contribution in [0.15, 0.2) is 54.7 Å². The average Bonchev–Trinajstić information content (AvgIpc) is 3.09. The van der Waals surface area contributed by atoms with Gasteiger partial charge in [0.1, 0.15) is 5.82 Å². The van der Waals surface area contributed by atoms with Crippen molar-refractivity contribution in [2.24, 2.45) is 0 Å². The van der Waals surface area contributed by atoms with E-state index in [2.05, 4.69) is 39.2 Å². The Hall–Kier alpha value is -2.21. The highest BCUT2D eigenvalue weighted by Gasteiger charge is 2.27. The Morgan fingerprint density at radius 1 is 1.04 bits per heavy atom. The minimum Gasteiger partial charge on any atom is -0.396 e. The molecule has 4 nitrogen and oxygen atoms in total. The number of hydrogen-bond donors (Lipinski definition) is 2. The van der Waals surface area contributed by atoms with Crippen molar-refractivity contribution in [3.8, 4) is 0 Å². The van der Waals surface area contributed by atoms with Crippen molar-refractivity contribution >= 4 is 10.9 Å². The summed E-state index contributed by atoms with van der Waals surface area (Å²) in [5, 5.41) is 10.8. The summed E-state index contributed by atoms with van der Waals surface area (Å²) in [5.41, 5.74) is 3.61. The maximum absolute atomic E-state index is 13.1. The second kappa shape index (κ2) is 8.21. The summed E-state index contributed by atoms with van der Waals surface area (Å²) in [6.07, 6.45) is 2.86. The number of hydrogen-bond acceptors (Lipinski definition) is 3. The molecule has 2 aromatic carbocycles. The number of para-hydroxylation sites is 1. The van der Waals surface area contributed by atoms with Gasteiger partial charge in [-0.2, -0.15) is 0 Å². The minimum atomic E-state index is -0.200. The maximum atomic E-state index is 13.1. The number of benzene rings is 2. The third-order valence-electron chi connectivity index (χ3n) is 5.52. The number of halogens is 1. The molecule has 1 saturated heterocycles. The van der Waals surface area contributed by atoms with E-state index in [1.165, 1.54) is 28.6 Å². The Balaban J connectivity index is 1.43. The fraction of sp³-hybridized carbons (Fsp3) is 0.364. The van der Waals surface area contributed by atoms with Gasteiger partial charge in [0, 0.05) is 62.5 Å². The fourth-order valence-corrected chi connectivity index (χ4v) is 4.06. The topological polar surface area (TPSA) is 42.5 Å². The second-order valence-electron chi connectivity index (χ2n) is 7.36. The zero-order valence-electron chi connectivity index (χ0n) is 15.4. The van der Waals surface area contributed by atoms with Gasteiger partial charge in [-0.25, -0.2) is 4.39 Å².